The van der Waals surface area contributed by atoms with Crippen molar-refractivity contribution in [1.29, 1.82) is 0 Å². The number of pyridine rings is 1. The van der Waals surface area contributed by atoms with Crippen LogP contribution in [0.2, 0.25) is 10.2 Å². The van der Waals surface area contributed by atoms with Gasteiger partial charge in [-0.15, -0.1) is 0 Å². The maximum Gasteiger partial charge on any atom is 0.335 e. The summed E-state index contributed by atoms with van der Waals surface area (Å²) in [5.41, 5.74) is 4.40. The molecule has 0 unspecified atom stereocenters. The zero-order chi connectivity index (χ0) is 30.4. The molecule has 11 heteroatoms. The maximum atomic E-state index is 15.5. The van der Waals surface area contributed by atoms with Gasteiger partial charge in [-0.25, -0.2) is 19.2 Å². The Kier molecular flexibility index (Phi) is 7.45. The van der Waals surface area contributed by atoms with Gasteiger partial charge in [0.25, 0.3) is 0 Å². The molecular weight excluding hydrogens is 608 g/mol. The molecule has 1 fully saturated rings. The van der Waals surface area contributed by atoms with Crippen LogP contribution >= 0.6 is 23.2 Å². The Morgan fingerprint density at radius 3 is 2.66 bits per heavy atom. The number of aromatic carboxylic acids is 1. The fraction of sp³-hybridized carbons (Fsp3) is 0.182. The third-order valence-corrected chi connectivity index (χ3v) is 8.25. The van der Waals surface area contributed by atoms with Crippen LogP contribution in [-0.2, 0) is 24.3 Å². The summed E-state index contributed by atoms with van der Waals surface area (Å²) >= 11 is 12.3. The minimum absolute atomic E-state index is 0.00929. The highest BCUT2D eigenvalue weighted by Crippen LogP contribution is 2.33. The van der Waals surface area contributed by atoms with Gasteiger partial charge in [0.05, 0.1) is 40.0 Å². The molecule has 1 atom stereocenters. The second kappa shape index (κ2) is 11.6. The molecule has 7 rings (SSSR count). The average molecular weight is 632 g/mol. The molecule has 3 aromatic carbocycles. The fourth-order valence-corrected chi connectivity index (χ4v) is 5.72. The van der Waals surface area contributed by atoms with Crippen LogP contribution < -0.4 is 4.74 Å². The molecule has 3 aromatic heterocycles. The first-order chi connectivity index (χ1) is 21.3. The van der Waals surface area contributed by atoms with E-state index in [0.717, 1.165) is 12.0 Å². The van der Waals surface area contributed by atoms with Crippen LogP contribution in [-0.4, -0.2) is 38.3 Å². The number of fused-ring (bicyclic) bond motifs is 2. The number of halogens is 3. The lowest BCUT2D eigenvalue weighted by Gasteiger charge is -2.27. The number of nitrogens with zero attached hydrogens (tertiary/aromatic N) is 3. The topological polar surface area (TPSA) is 99.6 Å². The zero-order valence-corrected chi connectivity index (χ0v) is 24.6. The number of hydrogen-bond acceptors (Lipinski definition) is 6. The smallest absolute Gasteiger partial charge is 0.335 e. The number of benzene rings is 3. The lowest BCUT2D eigenvalue weighted by molar-refractivity contribution is -0.0589. The largest absolute Gasteiger partial charge is 0.478 e. The van der Waals surface area contributed by atoms with Gasteiger partial charge in [-0.1, -0.05) is 35.9 Å². The van der Waals surface area contributed by atoms with E-state index in [4.69, 9.17) is 42.1 Å². The van der Waals surface area contributed by atoms with E-state index in [0.29, 0.717) is 68.7 Å². The minimum Gasteiger partial charge on any atom is -0.478 e. The van der Waals surface area contributed by atoms with E-state index < -0.39 is 11.8 Å². The zero-order valence-electron chi connectivity index (χ0n) is 23.1. The van der Waals surface area contributed by atoms with Gasteiger partial charge in [0, 0.05) is 41.7 Å². The maximum absolute atomic E-state index is 15.5. The van der Waals surface area contributed by atoms with E-state index in [1.807, 2.05) is 10.6 Å². The van der Waals surface area contributed by atoms with Gasteiger partial charge in [-0.05, 0) is 60.0 Å². The molecule has 44 heavy (non-hydrogen) atoms. The monoisotopic (exact) mass is 631 g/mol. The number of aromatic nitrogens is 3. The normalized spacial score (nSPS) is 14.7. The minimum atomic E-state index is -1.02. The summed E-state index contributed by atoms with van der Waals surface area (Å²) < 4.78 is 34.7. The molecule has 222 valence electrons. The highest BCUT2D eigenvalue weighted by Gasteiger charge is 2.23. The number of imidazole rings is 1. The molecule has 0 spiro atoms. The van der Waals surface area contributed by atoms with Crippen molar-refractivity contribution in [3.05, 3.63) is 111 Å². The van der Waals surface area contributed by atoms with Crippen LogP contribution in [0.5, 0.6) is 5.88 Å². The Balaban J connectivity index is 1.12. The Morgan fingerprint density at radius 1 is 1.05 bits per heavy atom. The first-order valence-corrected chi connectivity index (χ1v) is 14.7. The van der Waals surface area contributed by atoms with E-state index in [-0.39, 0.29) is 29.9 Å². The number of carboxylic acids is 1. The van der Waals surface area contributed by atoms with E-state index in [2.05, 4.69) is 4.98 Å². The molecule has 0 aliphatic carbocycles. The molecule has 1 aliphatic heterocycles. The Bertz CT molecular complexity index is 2050. The third kappa shape index (κ3) is 5.50. The Morgan fingerprint density at radius 2 is 1.89 bits per heavy atom. The van der Waals surface area contributed by atoms with Gasteiger partial charge < -0.3 is 23.6 Å². The fourth-order valence-electron chi connectivity index (χ4n) is 5.33. The average Bonchev–Trinajstić information content (AvgIpc) is 3.55. The molecule has 0 radical (unpaired) electrons. The molecule has 0 saturated carbocycles. The molecule has 0 amide bonds. The summed E-state index contributed by atoms with van der Waals surface area (Å²) in [5.74, 6) is -0.429. The summed E-state index contributed by atoms with van der Waals surface area (Å²) in [6.45, 7) is 1.37. The van der Waals surface area contributed by atoms with Crippen LogP contribution in [0.3, 0.4) is 0 Å². The van der Waals surface area contributed by atoms with Crippen LogP contribution in [0.15, 0.2) is 77.2 Å². The standard InChI is InChI=1S/C33H24Cl2FN3O5/c34-24-8-6-21(32-23(24)15-29(35)44-32)17-43-31-3-1-2-26(38-31)19-5-4-18(25(36)12-19)14-30-37-27-9-7-20(33(40)41)13-28(27)39(30)16-22-10-11-42-22/h1-9,12-13,15,22H,10-11,14,16-17H2,(H,40,41)/t22-/m0/s1. The molecule has 0 bridgehead atoms. The van der Waals surface area contributed by atoms with Crippen molar-refractivity contribution in [2.45, 2.75) is 32.1 Å². The molecule has 8 nitrogen and oxygen atoms in total. The first kappa shape index (κ1) is 28.3. The van der Waals surface area contributed by atoms with Crippen molar-refractivity contribution in [3.8, 4) is 17.1 Å². The number of furan rings is 1. The van der Waals surface area contributed by atoms with Crippen LogP contribution in [0.1, 0.15) is 33.7 Å². The van der Waals surface area contributed by atoms with Crippen molar-refractivity contribution in [3.63, 3.8) is 0 Å². The van der Waals surface area contributed by atoms with Crippen molar-refractivity contribution in [2.75, 3.05) is 6.61 Å². The number of rotatable bonds is 9. The van der Waals surface area contributed by atoms with Gasteiger partial charge in [0.2, 0.25) is 5.88 Å². The van der Waals surface area contributed by atoms with Crippen molar-refractivity contribution in [2.24, 2.45) is 0 Å². The van der Waals surface area contributed by atoms with Gasteiger partial charge >= 0.3 is 5.97 Å². The lowest BCUT2D eigenvalue weighted by Crippen LogP contribution is -2.31. The molecular formula is C33H24Cl2FN3O5. The predicted octanol–water partition coefficient (Wildman–Crippen LogP) is 7.95. The Hall–Kier alpha value is -4.44. The van der Waals surface area contributed by atoms with Crippen molar-refractivity contribution < 1.29 is 28.2 Å². The molecule has 4 heterocycles. The van der Waals surface area contributed by atoms with E-state index >= 15 is 4.39 Å². The summed E-state index contributed by atoms with van der Waals surface area (Å²) in [4.78, 5) is 20.9. The highest BCUT2D eigenvalue weighted by molar-refractivity contribution is 6.36. The van der Waals surface area contributed by atoms with Crippen molar-refractivity contribution in [1.82, 2.24) is 14.5 Å². The molecule has 1 aliphatic rings. The highest BCUT2D eigenvalue weighted by atomic mass is 35.5. The number of hydrogen-bond donors (Lipinski definition) is 1. The van der Waals surface area contributed by atoms with Crippen molar-refractivity contribution >= 4 is 51.2 Å². The lowest BCUT2D eigenvalue weighted by atomic mass is 10.1. The SMILES string of the molecule is O=C(O)c1ccc2nc(Cc3ccc(-c4cccc(OCc5ccc(Cl)c6cc(Cl)oc56)n4)cc3F)n(C[C@@H]3CCO3)c2c1. The second-order valence-corrected chi connectivity index (χ2v) is 11.3. The molecule has 1 saturated heterocycles. The Labute approximate surface area is 260 Å². The molecule has 1 N–H and O–H groups in total. The van der Waals surface area contributed by atoms with E-state index in [1.165, 1.54) is 12.1 Å². The van der Waals surface area contributed by atoms with Crippen LogP contribution in [0, 0.1) is 5.82 Å². The van der Waals surface area contributed by atoms with Gasteiger partial charge in [-0.2, -0.15) is 0 Å². The summed E-state index contributed by atoms with van der Waals surface area (Å²) in [6, 6.07) is 20.3. The second-order valence-electron chi connectivity index (χ2n) is 10.6. The van der Waals surface area contributed by atoms with Crippen LogP contribution in [0.25, 0.3) is 33.3 Å². The molecule has 6 aromatic rings. The van der Waals surface area contributed by atoms with Gasteiger partial charge in [0.15, 0.2) is 5.22 Å². The third-order valence-electron chi connectivity index (χ3n) is 7.73. The van der Waals surface area contributed by atoms with Gasteiger partial charge in [0.1, 0.15) is 23.8 Å². The predicted molar refractivity (Wildman–Crippen MR) is 164 cm³/mol. The van der Waals surface area contributed by atoms with E-state index in [9.17, 15) is 9.90 Å². The number of ether oxygens (including phenoxy) is 2. The van der Waals surface area contributed by atoms with Crippen LogP contribution in [0.4, 0.5) is 4.39 Å². The number of carboxylic acid groups (broad SMARTS) is 1. The van der Waals surface area contributed by atoms with Gasteiger partial charge in [-0.3, -0.25) is 0 Å². The number of carbonyl (C=O) groups is 1. The van der Waals surface area contributed by atoms with E-state index in [1.54, 1.807) is 54.6 Å². The summed E-state index contributed by atoms with van der Waals surface area (Å²) in [5, 5.41) is 11.0. The quantitative estimate of drug-likeness (QED) is 0.173. The summed E-state index contributed by atoms with van der Waals surface area (Å²) in [7, 11) is 0. The first-order valence-electron chi connectivity index (χ1n) is 13.9. The summed E-state index contributed by atoms with van der Waals surface area (Å²) in [6.07, 6.45) is 1.13.